The van der Waals surface area contributed by atoms with Gasteiger partial charge >= 0.3 is 6.18 Å². The normalized spacial score (nSPS) is 16.6. The second kappa shape index (κ2) is 9.89. The minimum absolute atomic E-state index is 0.0902. The Hall–Kier alpha value is -3.69. The first-order valence-corrected chi connectivity index (χ1v) is 11.0. The van der Waals surface area contributed by atoms with Crippen LogP contribution in [0.25, 0.3) is 0 Å². The fourth-order valence-electron chi connectivity index (χ4n) is 4.12. The largest absolute Gasteiger partial charge is 0.416 e. The third kappa shape index (κ3) is 5.52. The summed E-state index contributed by atoms with van der Waals surface area (Å²) in [6.07, 6.45) is -3.47. The molecule has 1 atom stereocenters. The molecule has 0 saturated heterocycles. The van der Waals surface area contributed by atoms with Crippen LogP contribution in [0.1, 0.15) is 49.8 Å². The van der Waals surface area contributed by atoms with E-state index in [0.717, 1.165) is 18.2 Å². The number of carbonyl (C=O) groups excluding carboxylic acids is 2. The highest BCUT2D eigenvalue weighted by atomic mass is 19.4. The Bertz CT molecular complexity index is 1190. The highest BCUT2D eigenvalue weighted by molar-refractivity contribution is 6.07. The lowest BCUT2D eigenvalue weighted by molar-refractivity contribution is -0.137. The Kier molecular flexibility index (Phi) is 7.33. The van der Waals surface area contributed by atoms with E-state index in [2.05, 4.69) is 5.32 Å². The molecular weight excluding hydrogens is 464 g/mol. The van der Waals surface area contributed by atoms with Gasteiger partial charge in [0, 0.05) is 35.8 Å². The van der Waals surface area contributed by atoms with Crippen molar-refractivity contribution in [3.63, 3.8) is 0 Å². The quantitative estimate of drug-likeness (QED) is 0.328. The summed E-state index contributed by atoms with van der Waals surface area (Å²) >= 11 is 0. The number of carbonyl (C=O) groups is 2. The molecular formula is C25H27F4N4O2+. The summed E-state index contributed by atoms with van der Waals surface area (Å²) in [4.78, 5) is 27.9. The van der Waals surface area contributed by atoms with Gasteiger partial charge in [-0.15, -0.1) is 0 Å². The third-order valence-corrected chi connectivity index (χ3v) is 5.86. The SMILES string of the molecule is CC1=C(C(=O)Nc2cc(C=[NH2+])c(N)cc2F)C(c2ccc(C(F)(F)F)cc2)CC(=O)N1CC(C)C. The van der Waals surface area contributed by atoms with Gasteiger partial charge < -0.3 is 16.0 Å². The van der Waals surface area contributed by atoms with Crippen LogP contribution in [0.15, 0.2) is 47.7 Å². The van der Waals surface area contributed by atoms with E-state index in [1.165, 1.54) is 29.3 Å². The molecule has 0 spiro atoms. The zero-order valence-electron chi connectivity index (χ0n) is 19.5. The molecule has 10 heteroatoms. The van der Waals surface area contributed by atoms with E-state index in [-0.39, 0.29) is 35.2 Å². The molecule has 5 N–H and O–H groups in total. The summed E-state index contributed by atoms with van der Waals surface area (Å²) in [5, 5.41) is 8.03. The van der Waals surface area contributed by atoms with Gasteiger partial charge in [-0.05, 0) is 42.7 Å². The number of alkyl halides is 3. The number of nitrogens with one attached hydrogen (secondary N) is 1. The number of amides is 2. The first kappa shape index (κ1) is 25.9. The van der Waals surface area contributed by atoms with E-state index in [1.807, 2.05) is 13.8 Å². The highest BCUT2D eigenvalue weighted by Gasteiger charge is 2.37. The van der Waals surface area contributed by atoms with Crippen LogP contribution < -0.4 is 16.5 Å². The van der Waals surface area contributed by atoms with E-state index in [1.54, 1.807) is 6.92 Å². The van der Waals surface area contributed by atoms with Gasteiger partial charge in [-0.1, -0.05) is 26.0 Å². The Balaban J connectivity index is 2.07. The maximum Gasteiger partial charge on any atom is 0.416 e. The number of rotatable bonds is 6. The minimum atomic E-state index is -4.52. The van der Waals surface area contributed by atoms with Crippen molar-refractivity contribution in [3.05, 3.63) is 70.2 Å². The molecule has 0 radical (unpaired) electrons. The average Bonchev–Trinajstić information content (AvgIpc) is 2.77. The molecule has 2 aromatic rings. The molecule has 6 nitrogen and oxygen atoms in total. The number of allylic oxidation sites excluding steroid dienone is 1. The highest BCUT2D eigenvalue weighted by Crippen LogP contribution is 2.39. The van der Waals surface area contributed by atoms with Crippen LogP contribution in [-0.2, 0) is 15.8 Å². The van der Waals surface area contributed by atoms with E-state index in [4.69, 9.17) is 11.1 Å². The smallest absolute Gasteiger partial charge is 0.398 e. The molecule has 186 valence electrons. The Morgan fingerprint density at radius 1 is 1.26 bits per heavy atom. The Morgan fingerprint density at radius 3 is 2.43 bits per heavy atom. The van der Waals surface area contributed by atoms with E-state index < -0.39 is 29.4 Å². The topological polar surface area (TPSA) is 101 Å². The fraction of sp³-hybridized carbons (Fsp3) is 0.320. The van der Waals surface area contributed by atoms with Crippen LogP contribution in [0.5, 0.6) is 0 Å². The van der Waals surface area contributed by atoms with Crippen LogP contribution >= 0.6 is 0 Å². The summed E-state index contributed by atoms with van der Waals surface area (Å²) in [5.74, 6) is -2.43. The minimum Gasteiger partial charge on any atom is -0.398 e. The molecule has 0 saturated carbocycles. The molecule has 0 fully saturated rings. The summed E-state index contributed by atoms with van der Waals surface area (Å²) < 4.78 is 53.7. The number of nitrogens with zero attached hydrogens (tertiary/aromatic N) is 1. The lowest BCUT2D eigenvalue weighted by Crippen LogP contribution is -2.41. The number of hydrogen-bond acceptors (Lipinski definition) is 3. The number of nitrogens with two attached hydrogens (primary N) is 2. The molecule has 0 aromatic heterocycles. The lowest BCUT2D eigenvalue weighted by Gasteiger charge is -2.36. The number of anilines is 2. The van der Waals surface area contributed by atoms with Crippen molar-refractivity contribution in [2.24, 2.45) is 5.92 Å². The predicted octanol–water partition coefficient (Wildman–Crippen LogP) is 3.49. The van der Waals surface area contributed by atoms with Gasteiger partial charge in [0.1, 0.15) is 5.82 Å². The van der Waals surface area contributed by atoms with Crippen LogP contribution in [0.3, 0.4) is 0 Å². The predicted molar refractivity (Wildman–Crippen MR) is 125 cm³/mol. The number of nitrogen functional groups attached to an aromatic ring is 1. The van der Waals surface area contributed by atoms with Crippen LogP contribution in [0.4, 0.5) is 28.9 Å². The van der Waals surface area contributed by atoms with Crippen molar-refractivity contribution in [1.29, 1.82) is 0 Å². The van der Waals surface area contributed by atoms with Gasteiger partial charge in [0.25, 0.3) is 5.91 Å². The van der Waals surface area contributed by atoms with Crippen molar-refractivity contribution in [2.45, 2.75) is 39.3 Å². The van der Waals surface area contributed by atoms with Crippen molar-refractivity contribution < 1.29 is 32.6 Å². The molecule has 1 heterocycles. The monoisotopic (exact) mass is 491 g/mol. The first-order chi connectivity index (χ1) is 16.3. The van der Waals surface area contributed by atoms with Crippen LogP contribution in [-0.4, -0.2) is 29.5 Å². The number of hydrogen-bond donors (Lipinski definition) is 3. The van der Waals surface area contributed by atoms with Gasteiger partial charge in [0.15, 0.2) is 6.21 Å². The Labute approximate surface area is 200 Å². The maximum absolute atomic E-state index is 14.5. The number of halogens is 4. The number of benzene rings is 2. The molecule has 3 rings (SSSR count). The summed E-state index contributed by atoms with van der Waals surface area (Å²) in [6, 6.07) is 6.64. The van der Waals surface area contributed by atoms with Crippen molar-refractivity contribution >= 4 is 29.4 Å². The van der Waals surface area contributed by atoms with Gasteiger partial charge in [0.05, 0.1) is 16.8 Å². The van der Waals surface area contributed by atoms with Crippen molar-refractivity contribution in [2.75, 3.05) is 17.6 Å². The second-order valence-electron chi connectivity index (χ2n) is 8.86. The van der Waals surface area contributed by atoms with Crippen molar-refractivity contribution in [3.8, 4) is 0 Å². The molecule has 0 bridgehead atoms. The zero-order valence-corrected chi connectivity index (χ0v) is 19.5. The Morgan fingerprint density at radius 2 is 1.89 bits per heavy atom. The summed E-state index contributed by atoms with van der Waals surface area (Å²) in [6.45, 7) is 5.78. The van der Waals surface area contributed by atoms with Crippen LogP contribution in [0, 0.1) is 11.7 Å². The molecule has 35 heavy (non-hydrogen) atoms. The summed E-state index contributed by atoms with van der Waals surface area (Å²) in [7, 11) is 0. The molecule has 2 aromatic carbocycles. The molecule has 1 aliphatic rings. The average molecular weight is 492 g/mol. The standard InChI is InChI=1S/C25H26F4N4O2/c1-13(2)12-33-14(3)23(24(35)32-21-8-16(11-30)20(31)10-19(21)26)18(9-22(33)34)15-4-6-17(7-5-15)25(27,28)29/h4-8,10-11,13,18,30H,9,12,31H2,1-3H3,(H,32,35)/p+1. The van der Waals surface area contributed by atoms with E-state index in [0.29, 0.717) is 23.4 Å². The molecule has 0 aliphatic carbocycles. The first-order valence-electron chi connectivity index (χ1n) is 11.0. The van der Waals surface area contributed by atoms with Gasteiger partial charge in [-0.3, -0.25) is 15.0 Å². The van der Waals surface area contributed by atoms with Crippen LogP contribution in [0.2, 0.25) is 0 Å². The summed E-state index contributed by atoms with van der Waals surface area (Å²) in [5.41, 5.74) is 6.01. The second-order valence-corrected chi connectivity index (χ2v) is 8.86. The zero-order chi connectivity index (χ0) is 26.1. The fourth-order valence-corrected chi connectivity index (χ4v) is 4.12. The van der Waals surface area contributed by atoms with Gasteiger partial charge in [0.2, 0.25) is 5.91 Å². The van der Waals surface area contributed by atoms with Crippen molar-refractivity contribution in [1.82, 2.24) is 4.90 Å². The maximum atomic E-state index is 14.5. The molecule has 1 aliphatic heterocycles. The molecule has 2 amide bonds. The molecule has 1 unspecified atom stereocenters. The lowest BCUT2D eigenvalue weighted by atomic mass is 9.82. The third-order valence-electron chi connectivity index (χ3n) is 5.86. The van der Waals surface area contributed by atoms with Gasteiger partial charge in [-0.2, -0.15) is 13.2 Å². The van der Waals surface area contributed by atoms with Gasteiger partial charge in [-0.25, -0.2) is 4.39 Å². The van der Waals surface area contributed by atoms with E-state index >= 15 is 0 Å². The van der Waals surface area contributed by atoms with E-state index in [9.17, 15) is 27.2 Å².